The number of aliphatic carboxylic acids is 3. The van der Waals surface area contributed by atoms with Crippen LogP contribution in [0.5, 0.6) is 0 Å². The fourth-order valence-corrected chi connectivity index (χ4v) is 2.57. The smallest absolute Gasteiger partial charge is 0.336 e. The monoisotopic (exact) mass is 332 g/mol. The Morgan fingerprint density at radius 2 is 1.52 bits per heavy atom. The van der Waals surface area contributed by atoms with Crippen LogP contribution in [0.1, 0.15) is 26.7 Å². The van der Waals surface area contributed by atoms with E-state index in [1.54, 1.807) is 0 Å². The molecule has 0 saturated carbocycles. The number of ether oxygens (including phenoxy) is 2. The zero-order chi connectivity index (χ0) is 17.7. The molecule has 0 aliphatic carbocycles. The van der Waals surface area contributed by atoms with Gasteiger partial charge in [-0.1, -0.05) is 20.3 Å². The fraction of sp³-hybridized carbons (Fsp3) is 0.714. The SMILES string of the molecule is CCCC(C)COC(=O)C1OC(C(=O)O)C(C(=O)O)C1C(=O)O. The summed E-state index contributed by atoms with van der Waals surface area (Å²) in [4.78, 5) is 45.6. The van der Waals surface area contributed by atoms with Gasteiger partial charge in [-0.2, -0.15) is 0 Å². The molecule has 0 spiro atoms. The van der Waals surface area contributed by atoms with Crippen LogP contribution in [0.2, 0.25) is 0 Å². The first-order valence-electron chi connectivity index (χ1n) is 7.21. The van der Waals surface area contributed by atoms with E-state index in [0.717, 1.165) is 12.8 Å². The maximum absolute atomic E-state index is 12.0. The molecule has 3 N–H and O–H groups in total. The van der Waals surface area contributed by atoms with Crippen molar-refractivity contribution < 1.29 is 44.0 Å². The van der Waals surface area contributed by atoms with Crippen molar-refractivity contribution in [1.29, 1.82) is 0 Å². The van der Waals surface area contributed by atoms with Gasteiger partial charge in [-0.3, -0.25) is 9.59 Å². The topological polar surface area (TPSA) is 147 Å². The molecular weight excluding hydrogens is 312 g/mol. The van der Waals surface area contributed by atoms with Crippen molar-refractivity contribution >= 4 is 23.9 Å². The third kappa shape index (κ3) is 4.41. The molecule has 1 rings (SSSR count). The third-order valence-corrected chi connectivity index (χ3v) is 3.67. The molecule has 1 heterocycles. The first-order chi connectivity index (χ1) is 10.7. The van der Waals surface area contributed by atoms with Gasteiger partial charge in [-0.05, 0) is 12.3 Å². The number of carbonyl (C=O) groups is 4. The van der Waals surface area contributed by atoms with Gasteiger partial charge in [-0.15, -0.1) is 0 Å². The summed E-state index contributed by atoms with van der Waals surface area (Å²) in [7, 11) is 0. The third-order valence-electron chi connectivity index (χ3n) is 3.67. The zero-order valence-electron chi connectivity index (χ0n) is 12.8. The maximum Gasteiger partial charge on any atom is 0.336 e. The second-order valence-corrected chi connectivity index (χ2v) is 5.57. The summed E-state index contributed by atoms with van der Waals surface area (Å²) in [5.74, 6) is -9.62. The van der Waals surface area contributed by atoms with E-state index in [2.05, 4.69) is 0 Å². The number of hydrogen-bond donors (Lipinski definition) is 3. The van der Waals surface area contributed by atoms with Crippen LogP contribution in [0.15, 0.2) is 0 Å². The van der Waals surface area contributed by atoms with Crippen LogP contribution in [0, 0.1) is 17.8 Å². The van der Waals surface area contributed by atoms with Crippen LogP contribution in [0.4, 0.5) is 0 Å². The number of hydrogen-bond acceptors (Lipinski definition) is 6. The summed E-state index contributed by atoms with van der Waals surface area (Å²) in [5, 5.41) is 27.2. The van der Waals surface area contributed by atoms with Crippen LogP contribution >= 0.6 is 0 Å². The number of carboxylic acid groups (broad SMARTS) is 3. The van der Waals surface area contributed by atoms with E-state index in [1.165, 1.54) is 0 Å². The van der Waals surface area contributed by atoms with Crippen molar-refractivity contribution in [3.63, 3.8) is 0 Å². The van der Waals surface area contributed by atoms with Gasteiger partial charge in [0.15, 0.2) is 12.2 Å². The summed E-state index contributed by atoms with van der Waals surface area (Å²) in [6.07, 6.45) is -2.02. The fourth-order valence-electron chi connectivity index (χ4n) is 2.57. The lowest BCUT2D eigenvalue weighted by atomic mass is 9.87. The van der Waals surface area contributed by atoms with E-state index in [4.69, 9.17) is 24.8 Å². The van der Waals surface area contributed by atoms with Gasteiger partial charge in [0.25, 0.3) is 0 Å². The molecule has 1 saturated heterocycles. The van der Waals surface area contributed by atoms with Gasteiger partial charge in [0.2, 0.25) is 0 Å². The molecule has 0 bridgehead atoms. The molecular formula is C14H20O9. The van der Waals surface area contributed by atoms with E-state index in [1.807, 2.05) is 13.8 Å². The zero-order valence-corrected chi connectivity index (χ0v) is 12.8. The first kappa shape index (κ1) is 18.9. The normalized spacial score (nSPS) is 28.1. The van der Waals surface area contributed by atoms with Gasteiger partial charge in [-0.25, -0.2) is 9.59 Å². The van der Waals surface area contributed by atoms with Crippen molar-refractivity contribution in [2.45, 2.75) is 38.9 Å². The second-order valence-electron chi connectivity index (χ2n) is 5.57. The molecule has 1 aliphatic heterocycles. The van der Waals surface area contributed by atoms with Gasteiger partial charge >= 0.3 is 23.9 Å². The molecule has 0 radical (unpaired) electrons. The van der Waals surface area contributed by atoms with Crippen molar-refractivity contribution in [3.05, 3.63) is 0 Å². The molecule has 0 aromatic carbocycles. The lowest BCUT2D eigenvalue weighted by Gasteiger charge is -2.17. The molecule has 9 heteroatoms. The largest absolute Gasteiger partial charge is 0.481 e. The molecule has 0 amide bonds. The summed E-state index contributed by atoms with van der Waals surface area (Å²) in [6, 6.07) is 0. The lowest BCUT2D eigenvalue weighted by molar-refractivity contribution is -0.168. The molecule has 5 atom stereocenters. The van der Waals surface area contributed by atoms with Crippen molar-refractivity contribution in [1.82, 2.24) is 0 Å². The van der Waals surface area contributed by atoms with E-state index in [0.29, 0.717) is 0 Å². The minimum absolute atomic E-state index is 0.0222. The van der Waals surface area contributed by atoms with Crippen molar-refractivity contribution in [2.24, 2.45) is 17.8 Å². The Labute approximate surface area is 132 Å². The summed E-state index contributed by atoms with van der Waals surface area (Å²) in [5.41, 5.74) is 0. The van der Waals surface area contributed by atoms with Crippen LogP contribution < -0.4 is 0 Å². The molecule has 0 aromatic rings. The second kappa shape index (κ2) is 7.91. The van der Waals surface area contributed by atoms with E-state index in [9.17, 15) is 19.2 Å². The molecule has 5 unspecified atom stereocenters. The van der Waals surface area contributed by atoms with Gasteiger partial charge < -0.3 is 24.8 Å². The first-order valence-corrected chi connectivity index (χ1v) is 7.21. The van der Waals surface area contributed by atoms with Crippen molar-refractivity contribution in [2.75, 3.05) is 6.61 Å². The molecule has 23 heavy (non-hydrogen) atoms. The average Bonchev–Trinajstić information content (AvgIpc) is 2.86. The highest BCUT2D eigenvalue weighted by molar-refractivity contribution is 5.92. The standard InChI is InChI=1S/C14H20O9/c1-3-4-6(2)5-22-14(21)10-8(12(17)18)7(11(15)16)9(23-10)13(19)20/h6-10H,3-5H2,1-2H3,(H,15,16)(H,17,18)(H,19,20). The molecule has 0 aromatic heterocycles. The van der Waals surface area contributed by atoms with Gasteiger partial charge in [0.05, 0.1) is 6.61 Å². The molecule has 1 aliphatic rings. The van der Waals surface area contributed by atoms with Crippen LogP contribution in [0.3, 0.4) is 0 Å². The Morgan fingerprint density at radius 3 is 1.96 bits per heavy atom. The van der Waals surface area contributed by atoms with Gasteiger partial charge in [0.1, 0.15) is 11.8 Å². The quantitative estimate of drug-likeness (QED) is 0.531. The number of carboxylic acids is 3. The molecule has 1 fully saturated rings. The summed E-state index contributed by atoms with van der Waals surface area (Å²) in [6.45, 7) is 3.81. The Balaban J connectivity index is 2.91. The Kier molecular flexibility index (Phi) is 6.49. The highest BCUT2D eigenvalue weighted by Crippen LogP contribution is 2.34. The summed E-state index contributed by atoms with van der Waals surface area (Å²) < 4.78 is 9.85. The Morgan fingerprint density at radius 1 is 1.00 bits per heavy atom. The predicted molar refractivity (Wildman–Crippen MR) is 73.6 cm³/mol. The minimum atomic E-state index is -1.92. The predicted octanol–water partition coefficient (Wildman–Crippen LogP) is 0.219. The number of carbonyl (C=O) groups excluding carboxylic acids is 1. The summed E-state index contributed by atoms with van der Waals surface area (Å²) >= 11 is 0. The van der Waals surface area contributed by atoms with E-state index < -0.39 is 47.9 Å². The van der Waals surface area contributed by atoms with Crippen LogP contribution in [-0.4, -0.2) is 58.0 Å². The lowest BCUT2D eigenvalue weighted by Crippen LogP contribution is -2.39. The van der Waals surface area contributed by atoms with Crippen LogP contribution in [0.25, 0.3) is 0 Å². The maximum atomic E-state index is 12.0. The Bertz CT molecular complexity index is 487. The molecule has 130 valence electrons. The minimum Gasteiger partial charge on any atom is -0.481 e. The number of rotatable bonds is 8. The Hall–Kier alpha value is -2.16. The van der Waals surface area contributed by atoms with Crippen LogP contribution in [-0.2, 0) is 28.7 Å². The highest BCUT2D eigenvalue weighted by Gasteiger charge is 2.58. The molecule has 9 nitrogen and oxygen atoms in total. The average molecular weight is 332 g/mol. The van der Waals surface area contributed by atoms with Gasteiger partial charge in [0, 0.05) is 0 Å². The van der Waals surface area contributed by atoms with Crippen molar-refractivity contribution in [3.8, 4) is 0 Å². The highest BCUT2D eigenvalue weighted by atomic mass is 16.6. The number of esters is 1. The van der Waals surface area contributed by atoms with E-state index >= 15 is 0 Å². The van der Waals surface area contributed by atoms with E-state index in [-0.39, 0.29) is 12.5 Å².